The number of amides is 1. The second-order valence-corrected chi connectivity index (χ2v) is 9.79. The molecule has 0 saturated carbocycles. The number of carbonyl (C=O) groups excluding carboxylic acids is 1. The fourth-order valence-electron chi connectivity index (χ4n) is 3.85. The van der Waals surface area contributed by atoms with Crippen molar-refractivity contribution < 1.29 is 27.9 Å². The highest BCUT2D eigenvalue weighted by molar-refractivity contribution is 7.93. The number of piperidine rings is 1. The van der Waals surface area contributed by atoms with Crippen LogP contribution in [0.5, 0.6) is 11.5 Å². The van der Waals surface area contributed by atoms with Crippen molar-refractivity contribution in [2.75, 3.05) is 26.8 Å². The largest absolute Gasteiger partial charge is 0.497 e. The van der Waals surface area contributed by atoms with Gasteiger partial charge < -0.3 is 9.47 Å². The van der Waals surface area contributed by atoms with Crippen LogP contribution in [0.15, 0.2) is 53.4 Å². The first-order chi connectivity index (χ1) is 15.4. The second-order valence-electron chi connectivity index (χ2n) is 7.53. The van der Waals surface area contributed by atoms with Crippen LogP contribution in [0.25, 0.3) is 0 Å². The fraction of sp³-hybridized carbons (Fsp3) is 0.348. The van der Waals surface area contributed by atoms with E-state index in [0.29, 0.717) is 25.4 Å². The van der Waals surface area contributed by atoms with Gasteiger partial charge in [0.15, 0.2) is 14.6 Å². The molecule has 32 heavy (non-hydrogen) atoms. The Bertz CT molecular complexity index is 1070. The van der Waals surface area contributed by atoms with Gasteiger partial charge >= 0.3 is 0 Å². The van der Waals surface area contributed by atoms with Crippen LogP contribution in [-0.2, 0) is 21.2 Å². The number of hydroxylamine groups is 1. The van der Waals surface area contributed by atoms with Gasteiger partial charge in [0, 0.05) is 19.6 Å². The lowest BCUT2D eigenvalue weighted by atomic mass is 9.94. The van der Waals surface area contributed by atoms with Crippen LogP contribution >= 0.6 is 0 Å². The van der Waals surface area contributed by atoms with Gasteiger partial charge in [-0.25, -0.2) is 13.9 Å². The first-order valence-corrected chi connectivity index (χ1v) is 11.6. The van der Waals surface area contributed by atoms with Crippen LogP contribution in [0, 0.1) is 12.3 Å². The summed E-state index contributed by atoms with van der Waals surface area (Å²) in [6.07, 6.45) is 5.26. The number of carbonyl (C=O) groups is 1. The van der Waals surface area contributed by atoms with Crippen molar-refractivity contribution in [2.24, 2.45) is 0 Å². The van der Waals surface area contributed by atoms with Crippen molar-refractivity contribution in [3.8, 4) is 23.8 Å². The Labute approximate surface area is 188 Å². The minimum absolute atomic E-state index is 0.0160. The predicted octanol–water partition coefficient (Wildman–Crippen LogP) is 2.02. The Morgan fingerprint density at radius 3 is 2.25 bits per heavy atom. The van der Waals surface area contributed by atoms with Crippen LogP contribution in [0.1, 0.15) is 18.4 Å². The summed E-state index contributed by atoms with van der Waals surface area (Å²) >= 11 is 0. The molecular formula is C23H26N2O6S. The molecule has 1 aliphatic heterocycles. The van der Waals surface area contributed by atoms with Gasteiger partial charge in [-0.2, -0.15) is 0 Å². The van der Waals surface area contributed by atoms with Gasteiger partial charge in [-0.05, 0) is 54.8 Å². The monoisotopic (exact) mass is 458 g/mol. The summed E-state index contributed by atoms with van der Waals surface area (Å²) in [6, 6.07) is 13.4. The van der Waals surface area contributed by atoms with Crippen molar-refractivity contribution in [3.63, 3.8) is 0 Å². The summed E-state index contributed by atoms with van der Waals surface area (Å²) < 4.78 is 35.7. The summed E-state index contributed by atoms with van der Waals surface area (Å²) in [6.45, 7) is 1.43. The molecule has 0 radical (unpaired) electrons. The highest BCUT2D eigenvalue weighted by atomic mass is 32.2. The van der Waals surface area contributed by atoms with Crippen LogP contribution < -0.4 is 15.0 Å². The smallest absolute Gasteiger partial charge is 0.265 e. The minimum atomic E-state index is -4.09. The molecule has 1 fully saturated rings. The van der Waals surface area contributed by atoms with Crippen molar-refractivity contribution in [1.29, 1.82) is 0 Å². The number of nitrogens with zero attached hydrogens (tertiary/aromatic N) is 1. The molecule has 0 aliphatic carbocycles. The number of hydrogen-bond donors (Lipinski definition) is 2. The number of nitrogens with one attached hydrogen (secondary N) is 1. The van der Waals surface area contributed by atoms with E-state index in [1.165, 1.54) is 24.3 Å². The number of rotatable bonds is 8. The third-order valence-electron chi connectivity index (χ3n) is 5.71. The predicted molar refractivity (Wildman–Crippen MR) is 118 cm³/mol. The first-order valence-electron chi connectivity index (χ1n) is 10.1. The highest BCUT2D eigenvalue weighted by Crippen LogP contribution is 2.37. The number of ether oxygens (including phenoxy) is 2. The van der Waals surface area contributed by atoms with Gasteiger partial charge in [-0.15, -0.1) is 6.42 Å². The van der Waals surface area contributed by atoms with Gasteiger partial charge in [0.05, 0.1) is 12.0 Å². The van der Waals surface area contributed by atoms with Gasteiger partial charge in [0.1, 0.15) is 18.1 Å². The zero-order chi connectivity index (χ0) is 23.2. The Morgan fingerprint density at radius 2 is 1.72 bits per heavy atom. The normalized spacial score (nSPS) is 16.0. The summed E-state index contributed by atoms with van der Waals surface area (Å²) in [4.78, 5) is 14.7. The lowest BCUT2D eigenvalue weighted by molar-refractivity contribution is -0.133. The Kier molecular flexibility index (Phi) is 7.40. The number of methoxy groups -OCH3 is 1. The average Bonchev–Trinajstić information content (AvgIpc) is 2.83. The number of terminal acetylenes is 1. The van der Waals surface area contributed by atoms with Crippen molar-refractivity contribution in [1.82, 2.24) is 10.4 Å². The van der Waals surface area contributed by atoms with Crippen molar-refractivity contribution >= 4 is 15.7 Å². The molecule has 0 aromatic heterocycles. The third-order valence-corrected chi connectivity index (χ3v) is 8.23. The van der Waals surface area contributed by atoms with E-state index in [-0.39, 0.29) is 24.3 Å². The maximum absolute atomic E-state index is 13.5. The molecule has 1 saturated heterocycles. The molecule has 8 nitrogen and oxygen atoms in total. The number of likely N-dealkylation sites (tertiary alicyclic amines) is 1. The highest BCUT2D eigenvalue weighted by Gasteiger charge is 2.52. The second kappa shape index (κ2) is 10.0. The molecule has 0 bridgehead atoms. The topological polar surface area (TPSA) is 105 Å². The van der Waals surface area contributed by atoms with Gasteiger partial charge in [-0.3, -0.25) is 14.9 Å². The molecule has 0 atom stereocenters. The zero-order valence-corrected chi connectivity index (χ0v) is 18.6. The fourth-order valence-corrected chi connectivity index (χ4v) is 5.80. The van der Waals surface area contributed by atoms with Gasteiger partial charge in [0.25, 0.3) is 5.91 Å². The molecule has 2 aromatic carbocycles. The summed E-state index contributed by atoms with van der Waals surface area (Å²) in [5.74, 6) is 2.60. The Balaban J connectivity index is 1.78. The van der Waals surface area contributed by atoms with E-state index in [9.17, 15) is 18.4 Å². The van der Waals surface area contributed by atoms with E-state index < -0.39 is 20.5 Å². The van der Waals surface area contributed by atoms with Crippen molar-refractivity contribution in [3.05, 3.63) is 54.1 Å². The van der Waals surface area contributed by atoms with E-state index >= 15 is 0 Å². The zero-order valence-electron chi connectivity index (χ0n) is 17.8. The minimum Gasteiger partial charge on any atom is -0.497 e. The van der Waals surface area contributed by atoms with Crippen LogP contribution in [0.2, 0.25) is 0 Å². The van der Waals surface area contributed by atoms with Crippen LogP contribution in [0.4, 0.5) is 0 Å². The standard InChI is InChI=1S/C23H26N2O6S/c1-3-16-31-20-8-10-21(11-9-20)32(28,29)23(22(26)24-27)12-14-25(15-13-23)17-18-4-6-19(30-2)7-5-18/h1,4-11,27H,12-17H2,2H3,(H,24,26). The molecule has 1 amide bonds. The summed E-state index contributed by atoms with van der Waals surface area (Å²) in [7, 11) is -2.49. The SMILES string of the molecule is C#CCOc1ccc(S(=O)(=O)C2(C(=O)NO)CCN(Cc3ccc(OC)cc3)CC2)cc1. The summed E-state index contributed by atoms with van der Waals surface area (Å²) in [5, 5.41) is 9.33. The first kappa shape index (κ1) is 23.6. The van der Waals surface area contributed by atoms with E-state index in [0.717, 1.165) is 11.3 Å². The van der Waals surface area contributed by atoms with Crippen LogP contribution in [-0.4, -0.2) is 56.0 Å². The quantitative estimate of drug-likeness (QED) is 0.354. The average molecular weight is 459 g/mol. The molecule has 3 rings (SSSR count). The molecule has 2 N–H and O–H groups in total. The number of sulfone groups is 1. The molecule has 170 valence electrons. The van der Waals surface area contributed by atoms with Crippen LogP contribution in [0.3, 0.4) is 0 Å². The molecular weight excluding hydrogens is 432 g/mol. The lowest BCUT2D eigenvalue weighted by Crippen LogP contribution is -2.57. The maximum Gasteiger partial charge on any atom is 0.265 e. The molecule has 1 heterocycles. The molecule has 0 spiro atoms. The van der Waals surface area contributed by atoms with E-state index in [1.807, 2.05) is 24.3 Å². The molecule has 1 aliphatic rings. The van der Waals surface area contributed by atoms with E-state index in [1.54, 1.807) is 12.6 Å². The van der Waals surface area contributed by atoms with Gasteiger partial charge in [-0.1, -0.05) is 18.1 Å². The Hall–Kier alpha value is -3.06. The Morgan fingerprint density at radius 1 is 1.12 bits per heavy atom. The molecule has 9 heteroatoms. The van der Waals surface area contributed by atoms with Crippen molar-refractivity contribution in [2.45, 2.75) is 29.0 Å². The number of benzene rings is 2. The lowest BCUT2D eigenvalue weighted by Gasteiger charge is -2.39. The van der Waals surface area contributed by atoms with Gasteiger partial charge in [0.2, 0.25) is 0 Å². The molecule has 2 aromatic rings. The number of hydrogen-bond acceptors (Lipinski definition) is 7. The third kappa shape index (κ3) is 4.72. The van der Waals surface area contributed by atoms with E-state index in [4.69, 9.17) is 15.9 Å². The maximum atomic E-state index is 13.5. The van der Waals surface area contributed by atoms with E-state index in [2.05, 4.69) is 10.8 Å². The molecule has 0 unspecified atom stereocenters. The summed E-state index contributed by atoms with van der Waals surface area (Å²) in [5.41, 5.74) is 2.62.